The first-order chi connectivity index (χ1) is 19.2. The Hall–Kier alpha value is -1.90. The molecule has 0 heterocycles. The minimum Gasteiger partial charge on any atom is -0.296 e. The van der Waals surface area contributed by atoms with Crippen LogP contribution in [0.25, 0.3) is 0 Å². The monoisotopic (exact) mass is 541 g/mol. The standard InChI is InChI=1S/C36H63NO2/c1-3-5-7-9-11-13-15-17-19-21-23-25-27-29-31-33-35(38)37-36(39)34-32-30-28-26-24-22-20-18-16-14-12-10-8-6-4-2/h11-14,17-20H,3-10,15-16,21-34H2,1-2H3,(H,37,38,39)/b13-11-,14-12-,19-17-,20-18-. The normalized spacial score (nSPS) is 12.1. The molecular formula is C36H63NO2. The zero-order chi connectivity index (χ0) is 28.5. The lowest BCUT2D eigenvalue weighted by molar-refractivity contribution is -0.130. The molecule has 0 unspecified atom stereocenters. The average Bonchev–Trinajstić information content (AvgIpc) is 2.93. The second kappa shape index (κ2) is 32.3. The summed E-state index contributed by atoms with van der Waals surface area (Å²) in [5.41, 5.74) is 0. The van der Waals surface area contributed by atoms with Gasteiger partial charge < -0.3 is 0 Å². The number of carbonyl (C=O) groups is 2. The number of hydrogen-bond donors (Lipinski definition) is 1. The van der Waals surface area contributed by atoms with E-state index in [0.29, 0.717) is 12.8 Å². The third-order valence-electron chi connectivity index (χ3n) is 6.99. The minimum absolute atomic E-state index is 0.103. The quantitative estimate of drug-likeness (QED) is 0.0790. The number of nitrogens with one attached hydrogen (secondary N) is 1. The number of allylic oxidation sites excluding steroid dienone is 8. The molecule has 3 heteroatoms. The van der Waals surface area contributed by atoms with E-state index in [2.05, 4.69) is 67.8 Å². The van der Waals surface area contributed by atoms with Crippen molar-refractivity contribution in [2.45, 2.75) is 168 Å². The molecule has 39 heavy (non-hydrogen) atoms. The molecule has 224 valence electrons. The maximum absolute atomic E-state index is 12.0. The van der Waals surface area contributed by atoms with Gasteiger partial charge in [-0.2, -0.15) is 0 Å². The molecule has 0 aliphatic carbocycles. The molecule has 0 fully saturated rings. The maximum Gasteiger partial charge on any atom is 0.226 e. The van der Waals surface area contributed by atoms with Crippen molar-refractivity contribution in [3.05, 3.63) is 48.6 Å². The van der Waals surface area contributed by atoms with Crippen LogP contribution >= 0.6 is 0 Å². The predicted octanol–water partition coefficient (Wildman–Crippen LogP) is 11.3. The molecule has 0 saturated heterocycles. The highest BCUT2D eigenvalue weighted by molar-refractivity contribution is 5.95. The highest BCUT2D eigenvalue weighted by Gasteiger charge is 2.07. The van der Waals surface area contributed by atoms with E-state index in [4.69, 9.17) is 0 Å². The molecule has 0 bridgehead atoms. The summed E-state index contributed by atoms with van der Waals surface area (Å²) in [6.45, 7) is 4.48. The van der Waals surface area contributed by atoms with Crippen molar-refractivity contribution in [2.75, 3.05) is 0 Å². The molecule has 2 amide bonds. The van der Waals surface area contributed by atoms with Crippen molar-refractivity contribution in [3.63, 3.8) is 0 Å². The Morgan fingerprint density at radius 2 is 0.718 bits per heavy atom. The summed E-state index contributed by atoms with van der Waals surface area (Å²) in [4.78, 5) is 24.0. The fraction of sp³-hybridized carbons (Fsp3) is 0.722. The van der Waals surface area contributed by atoms with Crippen LogP contribution in [0.2, 0.25) is 0 Å². The Kier molecular flexibility index (Phi) is 30.7. The van der Waals surface area contributed by atoms with Crippen LogP contribution in [0, 0.1) is 0 Å². The van der Waals surface area contributed by atoms with E-state index in [1.54, 1.807) is 0 Å². The molecule has 0 aliphatic heterocycles. The second-order valence-corrected chi connectivity index (χ2v) is 10.9. The second-order valence-electron chi connectivity index (χ2n) is 10.9. The van der Waals surface area contributed by atoms with Gasteiger partial charge in [0.2, 0.25) is 11.8 Å². The van der Waals surface area contributed by atoms with Crippen LogP contribution < -0.4 is 5.32 Å². The van der Waals surface area contributed by atoms with Gasteiger partial charge in [0.1, 0.15) is 0 Å². The molecular weight excluding hydrogens is 478 g/mol. The molecule has 0 spiro atoms. The van der Waals surface area contributed by atoms with Gasteiger partial charge in [-0.15, -0.1) is 0 Å². The predicted molar refractivity (Wildman–Crippen MR) is 172 cm³/mol. The first-order valence-electron chi connectivity index (χ1n) is 16.6. The summed E-state index contributed by atoms with van der Waals surface area (Å²) in [5, 5.41) is 2.57. The number of rotatable bonds is 28. The molecule has 1 N–H and O–H groups in total. The van der Waals surface area contributed by atoms with E-state index >= 15 is 0 Å². The summed E-state index contributed by atoms with van der Waals surface area (Å²) >= 11 is 0. The third-order valence-corrected chi connectivity index (χ3v) is 6.99. The number of imide groups is 1. The van der Waals surface area contributed by atoms with E-state index in [0.717, 1.165) is 51.4 Å². The van der Waals surface area contributed by atoms with Crippen LogP contribution in [0.4, 0.5) is 0 Å². The van der Waals surface area contributed by atoms with Gasteiger partial charge in [0.15, 0.2) is 0 Å². The van der Waals surface area contributed by atoms with E-state index in [9.17, 15) is 9.59 Å². The van der Waals surface area contributed by atoms with Gasteiger partial charge in [-0.05, 0) is 77.0 Å². The van der Waals surface area contributed by atoms with Crippen LogP contribution in [-0.4, -0.2) is 11.8 Å². The van der Waals surface area contributed by atoms with E-state index < -0.39 is 0 Å². The van der Waals surface area contributed by atoms with Crippen molar-refractivity contribution in [2.24, 2.45) is 0 Å². The Morgan fingerprint density at radius 1 is 0.410 bits per heavy atom. The summed E-state index contributed by atoms with van der Waals surface area (Å²) in [6, 6.07) is 0. The van der Waals surface area contributed by atoms with Crippen molar-refractivity contribution in [3.8, 4) is 0 Å². The molecule has 0 aromatic rings. The Morgan fingerprint density at radius 3 is 1.08 bits per heavy atom. The highest BCUT2D eigenvalue weighted by Crippen LogP contribution is 2.10. The van der Waals surface area contributed by atoms with Gasteiger partial charge in [-0.3, -0.25) is 14.9 Å². The largest absolute Gasteiger partial charge is 0.296 e. The fourth-order valence-corrected chi connectivity index (χ4v) is 4.47. The summed E-state index contributed by atoms with van der Waals surface area (Å²) in [6.07, 6.45) is 45.0. The van der Waals surface area contributed by atoms with Crippen LogP contribution in [-0.2, 0) is 9.59 Å². The fourth-order valence-electron chi connectivity index (χ4n) is 4.47. The topological polar surface area (TPSA) is 46.2 Å². The van der Waals surface area contributed by atoms with E-state index in [1.165, 1.54) is 89.9 Å². The van der Waals surface area contributed by atoms with Gasteiger partial charge in [-0.1, -0.05) is 127 Å². The van der Waals surface area contributed by atoms with E-state index in [-0.39, 0.29) is 11.8 Å². The SMILES string of the molecule is CCCCC/C=C\C/C=C\CCCCCCCC(=O)NC(=O)CCCCCCC/C=C\C/C=C\CCCCC. The lowest BCUT2D eigenvalue weighted by Crippen LogP contribution is -2.29. The molecule has 0 aliphatic rings. The van der Waals surface area contributed by atoms with Crippen molar-refractivity contribution in [1.29, 1.82) is 0 Å². The molecule has 0 aromatic carbocycles. The molecule has 0 aromatic heterocycles. The zero-order valence-electron chi connectivity index (χ0n) is 25.9. The van der Waals surface area contributed by atoms with Crippen molar-refractivity contribution in [1.82, 2.24) is 5.32 Å². The lowest BCUT2D eigenvalue weighted by Gasteiger charge is -2.05. The number of amides is 2. The van der Waals surface area contributed by atoms with Crippen LogP contribution in [0.3, 0.4) is 0 Å². The first kappa shape index (κ1) is 37.1. The average molecular weight is 542 g/mol. The third kappa shape index (κ3) is 32.2. The molecule has 0 atom stereocenters. The van der Waals surface area contributed by atoms with E-state index in [1.807, 2.05) is 0 Å². The smallest absolute Gasteiger partial charge is 0.226 e. The number of hydrogen-bond acceptors (Lipinski definition) is 2. The molecule has 3 nitrogen and oxygen atoms in total. The van der Waals surface area contributed by atoms with Crippen molar-refractivity contribution >= 4 is 11.8 Å². The summed E-state index contributed by atoms with van der Waals surface area (Å²) in [5.74, 6) is -0.207. The summed E-state index contributed by atoms with van der Waals surface area (Å²) in [7, 11) is 0. The first-order valence-corrected chi connectivity index (χ1v) is 16.6. The van der Waals surface area contributed by atoms with Gasteiger partial charge in [0, 0.05) is 12.8 Å². The number of carbonyl (C=O) groups excluding carboxylic acids is 2. The number of unbranched alkanes of at least 4 members (excludes halogenated alkanes) is 16. The molecule has 0 radical (unpaired) electrons. The van der Waals surface area contributed by atoms with Gasteiger partial charge in [0.25, 0.3) is 0 Å². The molecule has 0 saturated carbocycles. The molecule has 0 rings (SSSR count). The van der Waals surface area contributed by atoms with Crippen LogP contribution in [0.5, 0.6) is 0 Å². The minimum atomic E-state index is -0.103. The van der Waals surface area contributed by atoms with Gasteiger partial charge in [0.05, 0.1) is 0 Å². The summed E-state index contributed by atoms with van der Waals surface area (Å²) < 4.78 is 0. The highest BCUT2D eigenvalue weighted by atomic mass is 16.2. The van der Waals surface area contributed by atoms with Crippen molar-refractivity contribution < 1.29 is 9.59 Å². The van der Waals surface area contributed by atoms with Gasteiger partial charge in [-0.25, -0.2) is 0 Å². The lowest BCUT2D eigenvalue weighted by atomic mass is 10.1. The maximum atomic E-state index is 12.0. The van der Waals surface area contributed by atoms with Gasteiger partial charge >= 0.3 is 0 Å². The Balaban J connectivity index is 3.44. The zero-order valence-corrected chi connectivity index (χ0v) is 25.9. The Bertz CT molecular complexity index is 603. The van der Waals surface area contributed by atoms with Crippen LogP contribution in [0.1, 0.15) is 168 Å². The Labute approximate surface area is 243 Å². The van der Waals surface area contributed by atoms with Crippen LogP contribution in [0.15, 0.2) is 48.6 Å².